The van der Waals surface area contributed by atoms with Crippen molar-refractivity contribution >= 4 is 28.4 Å². The van der Waals surface area contributed by atoms with Crippen LogP contribution in [0.3, 0.4) is 0 Å². The maximum Gasteiger partial charge on any atom is 0.252 e. The quantitative estimate of drug-likeness (QED) is 0.857. The van der Waals surface area contributed by atoms with Gasteiger partial charge in [0.1, 0.15) is 5.15 Å². The molecule has 1 aliphatic heterocycles. The third-order valence-electron chi connectivity index (χ3n) is 3.19. The second kappa shape index (κ2) is 5.15. The molecule has 1 N–H and O–H groups in total. The molecule has 1 atom stereocenters. The topological polar surface area (TPSA) is 51.2 Å². The van der Waals surface area contributed by atoms with Gasteiger partial charge in [-0.05, 0) is 18.6 Å². The van der Waals surface area contributed by atoms with Crippen LogP contribution in [0, 0.1) is 0 Å². The van der Waals surface area contributed by atoms with E-state index in [1.54, 1.807) is 6.07 Å². The number of hydrogen-bond donors (Lipinski definition) is 1. The maximum atomic E-state index is 12.3. The van der Waals surface area contributed by atoms with Crippen LogP contribution in [-0.4, -0.2) is 30.1 Å². The van der Waals surface area contributed by atoms with E-state index >= 15 is 0 Å². The Balaban J connectivity index is 1.96. The van der Waals surface area contributed by atoms with E-state index in [2.05, 4.69) is 10.3 Å². The number of nitrogens with one attached hydrogen (secondary N) is 1. The van der Waals surface area contributed by atoms with Gasteiger partial charge in [-0.25, -0.2) is 4.98 Å². The first-order valence-electron chi connectivity index (χ1n) is 6.18. The summed E-state index contributed by atoms with van der Waals surface area (Å²) >= 11 is 5.97. The van der Waals surface area contributed by atoms with Crippen molar-refractivity contribution in [2.45, 2.75) is 12.5 Å². The van der Waals surface area contributed by atoms with E-state index in [0.29, 0.717) is 23.9 Å². The zero-order chi connectivity index (χ0) is 13.2. The summed E-state index contributed by atoms with van der Waals surface area (Å²) in [5.41, 5.74) is 1.28. The van der Waals surface area contributed by atoms with Crippen LogP contribution in [0.2, 0.25) is 5.15 Å². The number of rotatable bonds is 2. The number of para-hydroxylation sites is 1. The average Bonchev–Trinajstić information content (AvgIpc) is 2.90. The van der Waals surface area contributed by atoms with E-state index < -0.39 is 0 Å². The fraction of sp³-hybridized carbons (Fsp3) is 0.286. The number of ether oxygens (including phenoxy) is 1. The van der Waals surface area contributed by atoms with E-state index in [-0.39, 0.29) is 11.9 Å². The SMILES string of the molecule is O=C(NC1CCOC1)c1cc(Cl)nc2ccccc12. The highest BCUT2D eigenvalue weighted by molar-refractivity contribution is 6.30. The number of pyridine rings is 1. The molecule has 1 aromatic heterocycles. The summed E-state index contributed by atoms with van der Waals surface area (Å²) in [4.78, 5) is 16.5. The molecule has 0 bridgehead atoms. The number of halogens is 1. The van der Waals surface area contributed by atoms with Crippen LogP contribution < -0.4 is 5.32 Å². The van der Waals surface area contributed by atoms with Gasteiger partial charge in [0.25, 0.3) is 5.91 Å². The Bertz CT molecular complexity index is 624. The van der Waals surface area contributed by atoms with Gasteiger partial charge in [-0.1, -0.05) is 29.8 Å². The zero-order valence-electron chi connectivity index (χ0n) is 10.2. The average molecular weight is 277 g/mol. The van der Waals surface area contributed by atoms with Gasteiger partial charge in [-0.15, -0.1) is 0 Å². The van der Waals surface area contributed by atoms with Crippen LogP contribution in [0.1, 0.15) is 16.8 Å². The highest BCUT2D eigenvalue weighted by atomic mass is 35.5. The minimum absolute atomic E-state index is 0.0817. The minimum atomic E-state index is -0.129. The molecule has 4 nitrogen and oxygen atoms in total. The van der Waals surface area contributed by atoms with E-state index in [0.717, 1.165) is 17.3 Å². The highest BCUT2D eigenvalue weighted by Crippen LogP contribution is 2.21. The first-order chi connectivity index (χ1) is 9.24. The van der Waals surface area contributed by atoms with Gasteiger partial charge in [0.2, 0.25) is 0 Å². The lowest BCUT2D eigenvalue weighted by Crippen LogP contribution is -2.35. The number of carbonyl (C=O) groups excluding carboxylic acids is 1. The van der Waals surface area contributed by atoms with Gasteiger partial charge >= 0.3 is 0 Å². The van der Waals surface area contributed by atoms with E-state index in [4.69, 9.17) is 16.3 Å². The summed E-state index contributed by atoms with van der Waals surface area (Å²) in [5.74, 6) is -0.129. The molecule has 0 radical (unpaired) electrons. The molecule has 98 valence electrons. The van der Waals surface area contributed by atoms with Crippen LogP contribution >= 0.6 is 11.6 Å². The molecule has 1 amide bonds. The minimum Gasteiger partial charge on any atom is -0.379 e. The van der Waals surface area contributed by atoms with Gasteiger partial charge in [-0.3, -0.25) is 4.79 Å². The third kappa shape index (κ3) is 2.55. The molecule has 2 heterocycles. The highest BCUT2D eigenvalue weighted by Gasteiger charge is 2.20. The van der Waals surface area contributed by atoms with Crippen molar-refractivity contribution in [3.05, 3.63) is 41.0 Å². The summed E-state index contributed by atoms with van der Waals surface area (Å²) in [6.07, 6.45) is 0.850. The fourth-order valence-corrected chi connectivity index (χ4v) is 2.44. The molecule has 1 saturated heterocycles. The van der Waals surface area contributed by atoms with Gasteiger partial charge in [0.05, 0.1) is 23.7 Å². The van der Waals surface area contributed by atoms with Gasteiger partial charge < -0.3 is 10.1 Å². The molecule has 0 saturated carbocycles. The fourth-order valence-electron chi connectivity index (χ4n) is 2.24. The zero-order valence-corrected chi connectivity index (χ0v) is 11.0. The molecule has 1 fully saturated rings. The predicted molar refractivity (Wildman–Crippen MR) is 73.4 cm³/mol. The van der Waals surface area contributed by atoms with E-state index in [9.17, 15) is 4.79 Å². The lowest BCUT2D eigenvalue weighted by Gasteiger charge is -2.12. The number of carbonyl (C=O) groups is 1. The third-order valence-corrected chi connectivity index (χ3v) is 3.39. The number of aromatic nitrogens is 1. The Kier molecular flexibility index (Phi) is 3.36. The smallest absolute Gasteiger partial charge is 0.252 e. The number of fused-ring (bicyclic) bond motifs is 1. The van der Waals surface area contributed by atoms with Crippen LogP contribution in [0.5, 0.6) is 0 Å². The Morgan fingerprint density at radius 2 is 2.26 bits per heavy atom. The summed E-state index contributed by atoms with van der Waals surface area (Å²) < 4.78 is 5.25. The Labute approximate surface area is 115 Å². The molecule has 1 aromatic carbocycles. The lowest BCUT2D eigenvalue weighted by atomic mass is 10.1. The monoisotopic (exact) mass is 276 g/mol. The molecule has 0 aliphatic carbocycles. The largest absolute Gasteiger partial charge is 0.379 e. The normalized spacial score (nSPS) is 18.7. The van der Waals surface area contributed by atoms with Crippen molar-refractivity contribution in [2.24, 2.45) is 0 Å². The van der Waals surface area contributed by atoms with Gasteiger partial charge in [0, 0.05) is 12.0 Å². The molecule has 1 unspecified atom stereocenters. The van der Waals surface area contributed by atoms with E-state index in [1.807, 2.05) is 24.3 Å². The van der Waals surface area contributed by atoms with Gasteiger partial charge in [-0.2, -0.15) is 0 Å². The Morgan fingerprint density at radius 3 is 3.05 bits per heavy atom. The van der Waals surface area contributed by atoms with Gasteiger partial charge in [0.15, 0.2) is 0 Å². The molecular formula is C14H13ClN2O2. The van der Waals surface area contributed by atoms with Crippen molar-refractivity contribution in [2.75, 3.05) is 13.2 Å². The lowest BCUT2D eigenvalue weighted by molar-refractivity contribution is 0.0931. The van der Waals surface area contributed by atoms with Crippen LogP contribution in [0.25, 0.3) is 10.9 Å². The summed E-state index contributed by atoms with van der Waals surface area (Å²) in [6, 6.07) is 9.16. The van der Waals surface area contributed by atoms with Crippen molar-refractivity contribution < 1.29 is 9.53 Å². The van der Waals surface area contributed by atoms with Crippen LogP contribution in [0.15, 0.2) is 30.3 Å². The molecule has 3 rings (SSSR count). The molecule has 1 aliphatic rings. The number of hydrogen-bond acceptors (Lipinski definition) is 3. The molecule has 2 aromatic rings. The number of nitrogens with zero attached hydrogens (tertiary/aromatic N) is 1. The van der Waals surface area contributed by atoms with Crippen molar-refractivity contribution in [3.63, 3.8) is 0 Å². The first-order valence-corrected chi connectivity index (χ1v) is 6.56. The number of amides is 1. The molecular weight excluding hydrogens is 264 g/mol. The van der Waals surface area contributed by atoms with Crippen molar-refractivity contribution in [1.82, 2.24) is 10.3 Å². The van der Waals surface area contributed by atoms with Crippen molar-refractivity contribution in [3.8, 4) is 0 Å². The maximum absolute atomic E-state index is 12.3. The summed E-state index contributed by atoms with van der Waals surface area (Å²) in [5, 5.41) is 4.10. The molecule has 19 heavy (non-hydrogen) atoms. The molecule has 5 heteroatoms. The number of benzene rings is 1. The second-order valence-electron chi connectivity index (χ2n) is 4.54. The summed E-state index contributed by atoms with van der Waals surface area (Å²) in [7, 11) is 0. The first kappa shape index (κ1) is 12.4. The van der Waals surface area contributed by atoms with Crippen LogP contribution in [-0.2, 0) is 4.74 Å². The standard InChI is InChI=1S/C14H13ClN2O2/c15-13-7-11(10-3-1-2-4-12(10)17-13)14(18)16-9-5-6-19-8-9/h1-4,7,9H,5-6,8H2,(H,16,18). The predicted octanol–water partition coefficient (Wildman–Crippen LogP) is 2.41. The molecule has 0 spiro atoms. The second-order valence-corrected chi connectivity index (χ2v) is 4.93. The van der Waals surface area contributed by atoms with E-state index in [1.165, 1.54) is 0 Å². The Morgan fingerprint density at radius 1 is 1.42 bits per heavy atom. The van der Waals surface area contributed by atoms with Crippen molar-refractivity contribution in [1.29, 1.82) is 0 Å². The van der Waals surface area contributed by atoms with Crippen LogP contribution in [0.4, 0.5) is 0 Å². The Hall–Kier alpha value is -1.65. The summed E-state index contributed by atoms with van der Waals surface area (Å²) in [6.45, 7) is 1.27.